The van der Waals surface area contributed by atoms with Crippen LogP contribution in [0.25, 0.3) is 0 Å². The van der Waals surface area contributed by atoms with E-state index in [0.717, 1.165) is 11.1 Å². The molecule has 0 fully saturated rings. The molecule has 0 spiro atoms. The maximum atomic E-state index is 13.0. The van der Waals surface area contributed by atoms with Gasteiger partial charge in [-0.3, -0.25) is 5.09 Å². The van der Waals surface area contributed by atoms with Crippen molar-refractivity contribution in [3.8, 4) is 0 Å². The molecule has 0 aliphatic rings. The van der Waals surface area contributed by atoms with Gasteiger partial charge in [0, 0.05) is 10.6 Å². The van der Waals surface area contributed by atoms with Crippen LogP contribution in [-0.4, -0.2) is 24.4 Å². The van der Waals surface area contributed by atoms with Crippen LogP contribution in [0, 0.1) is 20.8 Å². The lowest BCUT2D eigenvalue weighted by molar-refractivity contribution is -0.380. The van der Waals surface area contributed by atoms with Crippen molar-refractivity contribution in [2.75, 3.05) is 0 Å². The van der Waals surface area contributed by atoms with Crippen molar-refractivity contribution in [2.24, 2.45) is 0 Å². The highest BCUT2D eigenvalue weighted by Gasteiger charge is 2.37. The van der Waals surface area contributed by atoms with Gasteiger partial charge in [-0.15, -0.1) is 0 Å². The molecule has 0 aliphatic heterocycles. The molecule has 176 valence electrons. The number of hydrogen-bond acceptors (Lipinski definition) is 4. The fourth-order valence-corrected chi connectivity index (χ4v) is 4.84. The van der Waals surface area contributed by atoms with Gasteiger partial charge >= 0.3 is 11.4 Å². The third kappa shape index (κ3) is 7.20. The summed E-state index contributed by atoms with van der Waals surface area (Å²) in [5, 5.41) is 4.30. The highest BCUT2D eigenvalue weighted by atomic mass is 32.2. The molecule has 0 radical (unpaired) electrons. The zero-order chi connectivity index (χ0) is 24.8. The van der Waals surface area contributed by atoms with E-state index in [2.05, 4.69) is 38.1 Å². The lowest BCUT2D eigenvalue weighted by atomic mass is 9.99. The second kappa shape index (κ2) is 11.0. The van der Waals surface area contributed by atoms with Crippen LogP contribution in [0.5, 0.6) is 0 Å². The fraction of sp³-hybridized carbons (Fsp3) is 0.174. The SMILES string of the molecule is Cc1ccc(C(=O)[NH2+]P(c2ccccc2)c2ccccc2)c(C)c1C.O=S(=O)([O-])C(F)(F)F. The van der Waals surface area contributed by atoms with Gasteiger partial charge in [-0.2, -0.15) is 13.2 Å². The van der Waals surface area contributed by atoms with Crippen molar-refractivity contribution in [1.82, 2.24) is 0 Å². The number of carbonyl (C=O) groups is 1. The number of amides is 1. The Morgan fingerprint density at radius 2 is 1.24 bits per heavy atom. The molecule has 0 unspecified atom stereocenters. The van der Waals surface area contributed by atoms with Crippen LogP contribution >= 0.6 is 8.07 Å². The predicted octanol–water partition coefficient (Wildman–Crippen LogP) is 3.41. The molecule has 0 saturated carbocycles. The third-order valence-electron chi connectivity index (χ3n) is 4.92. The smallest absolute Gasteiger partial charge is 0.485 e. The van der Waals surface area contributed by atoms with Gasteiger partial charge in [0.15, 0.2) is 18.2 Å². The largest absolute Gasteiger partial charge is 0.741 e. The number of quaternary nitrogens is 1. The van der Waals surface area contributed by atoms with E-state index in [1.54, 1.807) is 0 Å². The van der Waals surface area contributed by atoms with Crippen molar-refractivity contribution in [3.63, 3.8) is 0 Å². The minimum absolute atomic E-state index is 0.111. The second-order valence-electron chi connectivity index (χ2n) is 7.11. The van der Waals surface area contributed by atoms with Crippen molar-refractivity contribution in [2.45, 2.75) is 26.3 Å². The number of nitrogens with two attached hydrogens (primary N) is 1. The fourth-order valence-electron chi connectivity index (χ4n) is 2.89. The summed E-state index contributed by atoms with van der Waals surface area (Å²) in [4.78, 5) is 13.0. The van der Waals surface area contributed by atoms with E-state index in [1.165, 1.54) is 21.7 Å². The third-order valence-corrected chi connectivity index (χ3v) is 7.69. The van der Waals surface area contributed by atoms with Crippen LogP contribution in [0.2, 0.25) is 0 Å². The van der Waals surface area contributed by atoms with Gasteiger partial charge in [0.25, 0.3) is 0 Å². The summed E-state index contributed by atoms with van der Waals surface area (Å²) in [6.45, 7) is 6.20. The van der Waals surface area contributed by atoms with E-state index in [-0.39, 0.29) is 5.91 Å². The van der Waals surface area contributed by atoms with Crippen LogP contribution in [-0.2, 0) is 10.1 Å². The van der Waals surface area contributed by atoms with Gasteiger partial charge in [-0.1, -0.05) is 42.5 Å². The van der Waals surface area contributed by atoms with Gasteiger partial charge in [0.05, 0.1) is 5.56 Å². The summed E-state index contributed by atoms with van der Waals surface area (Å²) < 4.78 is 58.9. The molecule has 2 N–H and O–H groups in total. The van der Waals surface area contributed by atoms with Gasteiger partial charge in [0.1, 0.15) is 0 Å². The van der Waals surface area contributed by atoms with Crippen molar-refractivity contribution >= 4 is 34.7 Å². The number of benzene rings is 3. The highest BCUT2D eigenvalue weighted by Crippen LogP contribution is 2.23. The van der Waals surface area contributed by atoms with Crippen LogP contribution < -0.4 is 15.7 Å². The molecular formula is C23H23F3NO4PS. The normalized spacial score (nSPS) is 11.6. The number of hydrogen-bond donors (Lipinski definition) is 1. The van der Waals surface area contributed by atoms with Crippen molar-refractivity contribution in [1.29, 1.82) is 0 Å². The molecule has 0 heterocycles. The summed E-state index contributed by atoms with van der Waals surface area (Å²) in [7, 11) is -6.91. The Labute approximate surface area is 192 Å². The van der Waals surface area contributed by atoms with E-state index in [4.69, 9.17) is 13.0 Å². The number of rotatable bonds is 4. The number of aryl methyl sites for hydroxylation is 1. The first-order valence-electron chi connectivity index (χ1n) is 9.70. The Bertz CT molecular complexity index is 1160. The standard InChI is InChI=1S/C22H22NOP.CHF3O3S/c1-16-14-15-21(18(3)17(16)2)22(24)23-25(19-10-6-4-7-11-19)20-12-8-5-9-13-20;2-1(3,4)8(5,6)7/h4-15H,1-3H3,(H,23,24);(H,5,6,7). The van der Waals surface area contributed by atoms with Crippen LogP contribution in [0.3, 0.4) is 0 Å². The lowest BCUT2D eigenvalue weighted by Crippen LogP contribution is -2.84. The van der Waals surface area contributed by atoms with Gasteiger partial charge < -0.3 is 4.55 Å². The summed E-state index contributed by atoms with van der Waals surface area (Å²) in [5.74, 6) is 0.111. The van der Waals surface area contributed by atoms with Gasteiger partial charge in [-0.25, -0.2) is 13.2 Å². The number of primary amides is 1. The molecule has 0 aromatic heterocycles. The summed E-state index contributed by atoms with van der Waals surface area (Å²) in [6, 6.07) is 24.6. The first-order valence-corrected chi connectivity index (χ1v) is 12.5. The van der Waals surface area contributed by atoms with Crippen molar-refractivity contribution in [3.05, 3.63) is 95.1 Å². The van der Waals surface area contributed by atoms with E-state index in [0.29, 0.717) is 0 Å². The molecule has 33 heavy (non-hydrogen) atoms. The maximum Gasteiger partial charge on any atom is 0.485 e. The van der Waals surface area contributed by atoms with Crippen molar-refractivity contribution < 1.29 is 36.0 Å². The first-order chi connectivity index (χ1) is 15.3. The molecule has 0 aliphatic carbocycles. The van der Waals surface area contributed by atoms with E-state index in [9.17, 15) is 18.0 Å². The summed E-state index contributed by atoms with van der Waals surface area (Å²) in [5.41, 5.74) is -1.34. The second-order valence-corrected chi connectivity index (χ2v) is 10.5. The zero-order valence-corrected chi connectivity index (χ0v) is 19.8. The molecule has 10 heteroatoms. The predicted molar refractivity (Wildman–Crippen MR) is 122 cm³/mol. The molecule has 3 aromatic carbocycles. The number of alkyl halides is 3. The van der Waals surface area contributed by atoms with Gasteiger partial charge in [-0.05, 0) is 67.8 Å². The van der Waals surface area contributed by atoms with Gasteiger partial charge in [0.2, 0.25) is 0 Å². The topological polar surface area (TPSA) is 90.9 Å². The molecule has 3 aromatic rings. The summed E-state index contributed by atoms with van der Waals surface area (Å²) >= 11 is 0. The van der Waals surface area contributed by atoms with E-state index < -0.39 is 23.7 Å². The van der Waals surface area contributed by atoms with Crippen LogP contribution in [0.1, 0.15) is 27.0 Å². The Hall–Kier alpha value is -2.58. The van der Waals surface area contributed by atoms with Crippen LogP contribution in [0.15, 0.2) is 72.8 Å². The Morgan fingerprint density at radius 3 is 1.64 bits per heavy atom. The molecule has 1 amide bonds. The highest BCUT2D eigenvalue weighted by molar-refractivity contribution is 7.86. The quantitative estimate of drug-likeness (QED) is 0.340. The lowest BCUT2D eigenvalue weighted by Gasteiger charge is -2.15. The average Bonchev–Trinajstić information content (AvgIpc) is 2.76. The molecule has 0 saturated heterocycles. The maximum absolute atomic E-state index is 13.0. The average molecular weight is 497 g/mol. The Morgan fingerprint density at radius 1 is 0.818 bits per heavy atom. The minimum Gasteiger partial charge on any atom is -0.741 e. The minimum atomic E-state index is -6.09. The Balaban J connectivity index is 0.000000414. The molecule has 0 bridgehead atoms. The molecule has 5 nitrogen and oxygen atoms in total. The zero-order valence-electron chi connectivity index (χ0n) is 18.1. The first kappa shape index (κ1) is 26.7. The molecule has 0 atom stereocenters. The van der Waals surface area contributed by atoms with E-state index in [1.807, 2.05) is 60.5 Å². The number of carbonyl (C=O) groups excluding carboxylic acids is 1. The number of halogens is 3. The van der Waals surface area contributed by atoms with E-state index >= 15 is 0 Å². The van der Waals surface area contributed by atoms with Crippen LogP contribution in [0.4, 0.5) is 13.2 Å². The molecule has 3 rings (SSSR count). The monoisotopic (exact) mass is 497 g/mol. The molecular weight excluding hydrogens is 474 g/mol. The summed E-state index contributed by atoms with van der Waals surface area (Å²) in [6.07, 6.45) is 0. The Kier molecular flexibility index (Phi) is 8.91.